The number of fused-ring (bicyclic) bond motifs is 1. The van der Waals surface area contributed by atoms with Gasteiger partial charge in [-0.2, -0.15) is 31.7 Å². The number of hydrogen-bond donors (Lipinski definition) is 1. The molecule has 0 aliphatic heterocycles. The molecule has 8 nitrogen and oxygen atoms in total. The maximum absolute atomic E-state index is 13.7. The van der Waals surface area contributed by atoms with Crippen molar-refractivity contribution in [3.63, 3.8) is 0 Å². The molecule has 0 saturated heterocycles. The first-order chi connectivity index (χ1) is 18.1. The summed E-state index contributed by atoms with van der Waals surface area (Å²) < 4.78 is 73.5. The topological polar surface area (TPSA) is 105 Å². The van der Waals surface area contributed by atoms with Gasteiger partial charge in [0, 0.05) is 30.6 Å². The van der Waals surface area contributed by atoms with Gasteiger partial charge in [-0.25, -0.2) is 4.98 Å². The van der Waals surface area contributed by atoms with Crippen molar-refractivity contribution in [3.05, 3.63) is 70.5 Å². The van der Waals surface area contributed by atoms with Crippen molar-refractivity contribution in [2.45, 2.75) is 19.2 Å². The van der Waals surface area contributed by atoms with E-state index in [1.807, 2.05) is 0 Å². The number of benzene rings is 2. The molecule has 2 aromatic carbocycles. The summed E-state index contributed by atoms with van der Waals surface area (Å²) >= 11 is 0. The van der Waals surface area contributed by atoms with Crippen LogP contribution in [0.5, 0.6) is 11.6 Å². The highest BCUT2D eigenvalue weighted by molar-refractivity contribution is 5.91. The first-order valence-corrected chi connectivity index (χ1v) is 11.1. The zero-order chi connectivity index (χ0) is 27.4. The summed E-state index contributed by atoms with van der Waals surface area (Å²) in [6.07, 6.45) is -4.09. The Balaban J connectivity index is 1.88. The molecule has 0 atom stereocenters. The molecular weight excluding hydrogens is 513 g/mol. The quantitative estimate of drug-likeness (QED) is 0.194. The van der Waals surface area contributed by atoms with E-state index in [2.05, 4.69) is 19.8 Å². The maximum Gasteiger partial charge on any atom is 0.392 e. The molecule has 2 heterocycles. The van der Waals surface area contributed by atoms with Crippen LogP contribution in [0, 0.1) is 0 Å². The lowest BCUT2D eigenvalue weighted by Gasteiger charge is -2.14. The van der Waals surface area contributed by atoms with Crippen molar-refractivity contribution in [2.24, 2.45) is 4.99 Å². The van der Waals surface area contributed by atoms with Crippen LogP contribution < -0.4 is 20.8 Å². The molecule has 0 aliphatic rings. The summed E-state index contributed by atoms with van der Waals surface area (Å²) in [5, 5.41) is 4.38. The number of rotatable bonds is 8. The van der Waals surface area contributed by atoms with E-state index in [0.717, 1.165) is 4.68 Å². The van der Waals surface area contributed by atoms with E-state index in [-0.39, 0.29) is 33.8 Å². The predicted molar refractivity (Wildman–Crippen MR) is 131 cm³/mol. The van der Waals surface area contributed by atoms with E-state index >= 15 is 0 Å². The van der Waals surface area contributed by atoms with E-state index in [4.69, 9.17) is 10.5 Å². The number of halogens is 5. The third kappa shape index (κ3) is 6.05. The predicted octanol–water partition coefficient (Wildman–Crippen LogP) is 5.01. The van der Waals surface area contributed by atoms with Crippen molar-refractivity contribution >= 4 is 22.9 Å². The van der Waals surface area contributed by atoms with Gasteiger partial charge in [0.25, 0.3) is 5.56 Å². The fourth-order valence-electron chi connectivity index (χ4n) is 3.59. The number of alkyl halides is 5. The fourth-order valence-corrected chi connectivity index (χ4v) is 3.59. The first kappa shape index (κ1) is 26.5. The van der Waals surface area contributed by atoms with Crippen molar-refractivity contribution in [1.82, 2.24) is 14.8 Å². The van der Waals surface area contributed by atoms with Gasteiger partial charge in [0.05, 0.1) is 24.3 Å². The molecule has 2 N–H and O–H groups in total. The average molecular weight is 533 g/mol. The minimum absolute atomic E-state index is 0.0161. The molecule has 0 unspecified atom stereocenters. The Hall–Kier alpha value is -4.55. The van der Waals surface area contributed by atoms with Crippen molar-refractivity contribution in [3.8, 4) is 28.4 Å². The molecule has 13 heteroatoms. The SMILES string of the molecule is CN=Cc1cc(-n2nc3ccc(OCCC(F)(F)F)nc3c(-c3ccc(OC(F)F)cc3)c2=O)ccc1N. The van der Waals surface area contributed by atoms with Crippen LogP contribution in [-0.4, -0.2) is 47.4 Å². The van der Waals surface area contributed by atoms with Crippen LogP contribution >= 0.6 is 0 Å². The highest BCUT2D eigenvalue weighted by Crippen LogP contribution is 2.28. The van der Waals surface area contributed by atoms with Gasteiger partial charge in [0.1, 0.15) is 16.8 Å². The molecule has 0 spiro atoms. The second-order valence-electron chi connectivity index (χ2n) is 7.93. The number of aromatic nitrogens is 3. The Morgan fingerprint density at radius 3 is 2.50 bits per heavy atom. The Bertz CT molecular complexity index is 1540. The van der Waals surface area contributed by atoms with E-state index in [1.165, 1.54) is 42.6 Å². The number of anilines is 1. The zero-order valence-corrected chi connectivity index (χ0v) is 19.7. The lowest BCUT2D eigenvalue weighted by Crippen LogP contribution is -2.24. The second-order valence-corrected chi connectivity index (χ2v) is 7.93. The first-order valence-electron chi connectivity index (χ1n) is 11.1. The molecule has 4 aromatic rings. The standard InChI is InChI=1S/C25H20F5N5O3/c1-32-13-15-12-16(4-7-18(15)31)35-23(36)21(14-2-5-17(6-3-14)38-24(26)27)22-19(34-35)8-9-20(33-22)37-11-10-25(28,29)30/h2-9,12-13,24H,10-11,31H2,1H3. The summed E-state index contributed by atoms with van der Waals surface area (Å²) in [4.78, 5) is 21.9. The monoisotopic (exact) mass is 533 g/mol. The number of nitrogen functional groups attached to an aromatic ring is 1. The maximum atomic E-state index is 13.7. The van der Waals surface area contributed by atoms with Gasteiger partial charge in [0.15, 0.2) is 0 Å². The Kier molecular flexibility index (Phi) is 7.55. The molecule has 0 amide bonds. The van der Waals surface area contributed by atoms with Crippen LogP contribution in [0.15, 0.2) is 64.4 Å². The molecule has 38 heavy (non-hydrogen) atoms. The number of hydrogen-bond acceptors (Lipinski definition) is 7. The molecule has 0 fully saturated rings. The molecular formula is C25H20F5N5O3. The minimum atomic E-state index is -4.42. The Morgan fingerprint density at radius 1 is 1.11 bits per heavy atom. The van der Waals surface area contributed by atoms with Gasteiger partial charge in [-0.3, -0.25) is 9.79 Å². The summed E-state index contributed by atoms with van der Waals surface area (Å²) in [6.45, 7) is -3.71. The molecule has 0 aliphatic carbocycles. The zero-order valence-electron chi connectivity index (χ0n) is 19.7. The number of ether oxygens (including phenoxy) is 2. The lowest BCUT2D eigenvalue weighted by atomic mass is 10.1. The molecule has 0 radical (unpaired) electrons. The second kappa shape index (κ2) is 10.8. The van der Waals surface area contributed by atoms with E-state index in [9.17, 15) is 26.7 Å². The summed E-state index contributed by atoms with van der Waals surface area (Å²) in [5.41, 5.74) is 7.22. The van der Waals surface area contributed by atoms with Crippen LogP contribution in [0.4, 0.5) is 27.6 Å². The fraction of sp³-hybridized carbons (Fsp3) is 0.200. The number of aliphatic imine (C=N–C) groups is 1. The van der Waals surface area contributed by atoms with Gasteiger partial charge in [-0.1, -0.05) is 12.1 Å². The molecule has 198 valence electrons. The number of nitrogens with zero attached hydrogens (tertiary/aromatic N) is 4. The highest BCUT2D eigenvalue weighted by Gasteiger charge is 2.27. The smallest absolute Gasteiger partial charge is 0.392 e. The summed E-state index contributed by atoms with van der Waals surface area (Å²) in [5.74, 6) is -0.276. The van der Waals surface area contributed by atoms with Crippen LogP contribution in [-0.2, 0) is 0 Å². The van der Waals surface area contributed by atoms with Crippen molar-refractivity contribution in [2.75, 3.05) is 19.4 Å². The number of pyridine rings is 1. The summed E-state index contributed by atoms with van der Waals surface area (Å²) in [7, 11) is 1.56. The van der Waals surface area contributed by atoms with Crippen molar-refractivity contribution in [1.29, 1.82) is 0 Å². The van der Waals surface area contributed by atoms with Gasteiger partial charge >= 0.3 is 12.8 Å². The van der Waals surface area contributed by atoms with Gasteiger partial charge in [-0.15, -0.1) is 0 Å². The van der Waals surface area contributed by atoms with E-state index < -0.39 is 31.4 Å². The van der Waals surface area contributed by atoms with Crippen molar-refractivity contribution < 1.29 is 31.4 Å². The van der Waals surface area contributed by atoms with E-state index in [1.54, 1.807) is 25.2 Å². The number of nitrogens with two attached hydrogens (primary N) is 1. The van der Waals surface area contributed by atoms with Gasteiger partial charge in [-0.05, 0) is 42.0 Å². The van der Waals surface area contributed by atoms with Gasteiger partial charge in [0.2, 0.25) is 5.88 Å². The third-order valence-electron chi connectivity index (χ3n) is 5.29. The Morgan fingerprint density at radius 2 is 1.84 bits per heavy atom. The van der Waals surface area contributed by atoms with Crippen LogP contribution in [0.25, 0.3) is 27.8 Å². The molecule has 0 bridgehead atoms. The lowest BCUT2D eigenvalue weighted by molar-refractivity contribution is -0.139. The largest absolute Gasteiger partial charge is 0.477 e. The van der Waals surface area contributed by atoms with Crippen LogP contribution in [0.2, 0.25) is 0 Å². The van der Waals surface area contributed by atoms with Gasteiger partial charge < -0.3 is 15.2 Å². The van der Waals surface area contributed by atoms with Crippen LogP contribution in [0.1, 0.15) is 12.0 Å². The third-order valence-corrected chi connectivity index (χ3v) is 5.29. The molecule has 0 saturated carbocycles. The molecule has 4 rings (SSSR count). The molecule has 2 aromatic heterocycles. The summed E-state index contributed by atoms with van der Waals surface area (Å²) in [6, 6.07) is 12.8. The normalized spacial score (nSPS) is 12.0. The highest BCUT2D eigenvalue weighted by atomic mass is 19.4. The average Bonchev–Trinajstić information content (AvgIpc) is 2.85. The van der Waals surface area contributed by atoms with Crippen LogP contribution in [0.3, 0.4) is 0 Å². The van der Waals surface area contributed by atoms with E-state index in [0.29, 0.717) is 16.9 Å². The Labute approximate surface area is 212 Å². The minimum Gasteiger partial charge on any atom is -0.477 e.